The monoisotopic (exact) mass is 560 g/mol. The molecule has 2 aromatic rings. The first-order valence-corrected chi connectivity index (χ1v) is 14.8. The van der Waals surface area contributed by atoms with Gasteiger partial charge in [-0.3, -0.25) is 0 Å². The second-order valence-corrected chi connectivity index (χ2v) is 12.3. The van der Waals surface area contributed by atoms with Gasteiger partial charge in [0.2, 0.25) is 10.0 Å². The Morgan fingerprint density at radius 1 is 1.10 bits per heavy atom. The highest BCUT2D eigenvalue weighted by molar-refractivity contribution is 7.89. The molecule has 3 aliphatic rings. The summed E-state index contributed by atoms with van der Waals surface area (Å²) < 4.78 is 50.4. The Labute approximate surface area is 229 Å². The fraction of sp³-hybridized carbons (Fsp3) is 0.536. The molecule has 7 atom stereocenters. The largest absolute Gasteiger partial charge is 0.497 e. The molecular formula is C28H36N2O8S. The second kappa shape index (κ2) is 11.8. The molecule has 1 aliphatic carbocycles. The molecule has 11 heteroatoms. The van der Waals surface area contributed by atoms with E-state index in [0.29, 0.717) is 31.3 Å². The number of nitrogens with one attached hydrogen (secondary N) is 1. The van der Waals surface area contributed by atoms with Gasteiger partial charge < -0.3 is 29.4 Å². The molecule has 2 aliphatic heterocycles. The van der Waals surface area contributed by atoms with E-state index in [1.54, 1.807) is 19.1 Å². The van der Waals surface area contributed by atoms with Crippen LogP contribution in [0.15, 0.2) is 59.5 Å². The zero-order chi connectivity index (χ0) is 27.6. The lowest BCUT2D eigenvalue weighted by molar-refractivity contribution is -0.192. The normalized spacial score (nSPS) is 27.2. The van der Waals surface area contributed by atoms with E-state index in [1.165, 1.54) is 23.5 Å². The van der Waals surface area contributed by atoms with Gasteiger partial charge in [0.25, 0.3) is 0 Å². The molecule has 10 nitrogen and oxygen atoms in total. The van der Waals surface area contributed by atoms with E-state index in [-0.39, 0.29) is 42.2 Å². The number of methoxy groups -OCH3 is 1. The molecule has 0 spiro atoms. The SMILES string of the molecule is CCN(C[C@@H](O)[C@H](Cc1ccccc1)NC(=O)OC1C2COC3OCC(C2)C31)S(=O)(=O)c1ccc(OC)cc1. The average molecular weight is 561 g/mol. The minimum Gasteiger partial charge on any atom is -0.497 e. The van der Waals surface area contributed by atoms with Crippen LogP contribution in [0.3, 0.4) is 0 Å². The number of likely N-dealkylation sites (N-methyl/N-ethyl adjacent to an activating group) is 1. The molecule has 5 unspecified atom stereocenters. The zero-order valence-corrected chi connectivity index (χ0v) is 23.0. The van der Waals surface area contributed by atoms with Crippen LogP contribution in [-0.4, -0.2) is 81.9 Å². The Bertz CT molecular complexity index is 1220. The topological polar surface area (TPSA) is 124 Å². The molecular weight excluding hydrogens is 524 g/mol. The van der Waals surface area contributed by atoms with Gasteiger partial charge in [-0.05, 0) is 48.6 Å². The standard InChI is InChI=1S/C28H36N2O8S/c1-3-30(39(33,34)22-11-9-21(35-2)10-12-22)15-24(31)23(13-18-7-5-4-6-8-18)29-28(32)38-26-20-14-19-16-36-27(25(19)26)37-17-20/h4-12,19-20,23-27,31H,3,13-17H2,1-2H3,(H,29,32)/t19?,20?,23-,24+,25?,26?,27?/m0/s1. The van der Waals surface area contributed by atoms with Crippen LogP contribution >= 0.6 is 0 Å². The number of alkyl carbamates (subject to hydrolysis) is 1. The van der Waals surface area contributed by atoms with Crippen LogP contribution in [0.25, 0.3) is 0 Å². The Morgan fingerprint density at radius 3 is 2.46 bits per heavy atom. The van der Waals surface area contributed by atoms with Crippen LogP contribution in [0.2, 0.25) is 0 Å². The van der Waals surface area contributed by atoms with Crippen LogP contribution in [0.5, 0.6) is 5.75 Å². The molecule has 1 amide bonds. The number of hydrogen-bond donors (Lipinski definition) is 2. The van der Waals surface area contributed by atoms with E-state index in [1.807, 2.05) is 30.3 Å². The van der Waals surface area contributed by atoms with Crippen molar-refractivity contribution in [3.63, 3.8) is 0 Å². The van der Waals surface area contributed by atoms with Crippen molar-refractivity contribution in [3.8, 4) is 5.75 Å². The fourth-order valence-corrected chi connectivity index (χ4v) is 7.42. The Morgan fingerprint density at radius 2 is 1.79 bits per heavy atom. The minimum atomic E-state index is -3.89. The number of fused-ring (bicyclic) bond motifs is 1. The molecule has 1 saturated carbocycles. The highest BCUT2D eigenvalue weighted by Crippen LogP contribution is 2.49. The van der Waals surface area contributed by atoms with Crippen molar-refractivity contribution in [2.24, 2.45) is 17.8 Å². The Kier molecular flexibility index (Phi) is 8.43. The zero-order valence-electron chi connectivity index (χ0n) is 22.1. The number of amides is 1. The summed E-state index contributed by atoms with van der Waals surface area (Å²) in [7, 11) is -2.39. The molecule has 2 saturated heterocycles. The minimum absolute atomic E-state index is 0.0113. The van der Waals surface area contributed by atoms with Crippen molar-refractivity contribution in [1.82, 2.24) is 9.62 Å². The maximum atomic E-state index is 13.3. The first-order valence-electron chi connectivity index (χ1n) is 13.4. The Balaban J connectivity index is 1.29. The van der Waals surface area contributed by atoms with E-state index < -0.39 is 28.3 Å². The van der Waals surface area contributed by atoms with E-state index in [0.717, 1.165) is 12.0 Å². The number of ether oxygens (including phenoxy) is 4. The average Bonchev–Trinajstić information content (AvgIpc) is 3.44. The number of carbonyl (C=O) groups is 1. The summed E-state index contributed by atoms with van der Waals surface area (Å²) in [6.07, 6.45) is -1.31. The summed E-state index contributed by atoms with van der Waals surface area (Å²) in [5, 5.41) is 14.1. The van der Waals surface area contributed by atoms with Gasteiger partial charge in [0.05, 0.1) is 43.3 Å². The van der Waals surface area contributed by atoms with Crippen LogP contribution in [0.4, 0.5) is 4.79 Å². The number of benzene rings is 2. The van der Waals surface area contributed by atoms with E-state index in [9.17, 15) is 18.3 Å². The maximum Gasteiger partial charge on any atom is 0.407 e. The molecule has 2 N–H and O–H groups in total. The Hall–Kier alpha value is -2.70. The van der Waals surface area contributed by atoms with Gasteiger partial charge in [0.15, 0.2) is 6.29 Å². The predicted octanol–water partition coefficient (Wildman–Crippen LogP) is 2.41. The quantitative estimate of drug-likeness (QED) is 0.430. The molecule has 0 aromatic heterocycles. The molecule has 5 rings (SSSR count). The molecule has 0 radical (unpaired) electrons. The van der Waals surface area contributed by atoms with Crippen LogP contribution in [0.1, 0.15) is 18.9 Å². The first kappa shape index (κ1) is 27.9. The first-order chi connectivity index (χ1) is 18.8. The molecule has 3 fully saturated rings. The number of hydrogen-bond acceptors (Lipinski definition) is 8. The lowest BCUT2D eigenvalue weighted by Gasteiger charge is -2.34. The summed E-state index contributed by atoms with van der Waals surface area (Å²) in [4.78, 5) is 13.2. The van der Waals surface area contributed by atoms with Crippen molar-refractivity contribution < 1.29 is 37.3 Å². The molecule has 2 aromatic carbocycles. The highest BCUT2D eigenvalue weighted by Gasteiger charge is 2.57. The molecule has 2 bridgehead atoms. The van der Waals surface area contributed by atoms with Gasteiger partial charge in [0, 0.05) is 19.0 Å². The third kappa shape index (κ3) is 5.92. The van der Waals surface area contributed by atoms with E-state index in [2.05, 4.69) is 5.32 Å². The molecule has 2 heterocycles. The third-order valence-electron chi connectivity index (χ3n) is 8.01. The number of sulfonamides is 1. The van der Waals surface area contributed by atoms with Crippen molar-refractivity contribution in [3.05, 3.63) is 60.2 Å². The van der Waals surface area contributed by atoms with Crippen molar-refractivity contribution in [1.29, 1.82) is 0 Å². The van der Waals surface area contributed by atoms with Gasteiger partial charge in [-0.15, -0.1) is 0 Å². The number of carbonyl (C=O) groups excluding carboxylic acids is 1. The third-order valence-corrected chi connectivity index (χ3v) is 9.96. The lowest BCUT2D eigenvalue weighted by Crippen LogP contribution is -2.52. The summed E-state index contributed by atoms with van der Waals surface area (Å²) in [6.45, 7) is 2.74. The van der Waals surface area contributed by atoms with Crippen LogP contribution < -0.4 is 10.1 Å². The van der Waals surface area contributed by atoms with Gasteiger partial charge in [-0.2, -0.15) is 4.31 Å². The second-order valence-electron chi connectivity index (χ2n) is 10.4. The van der Waals surface area contributed by atoms with Gasteiger partial charge in [0.1, 0.15) is 11.9 Å². The van der Waals surface area contributed by atoms with Gasteiger partial charge in [-0.1, -0.05) is 37.3 Å². The summed E-state index contributed by atoms with van der Waals surface area (Å²) in [6, 6.07) is 14.7. The summed E-state index contributed by atoms with van der Waals surface area (Å²) in [5.74, 6) is 0.985. The smallest absolute Gasteiger partial charge is 0.407 e. The summed E-state index contributed by atoms with van der Waals surface area (Å²) >= 11 is 0. The number of aliphatic hydroxyl groups excluding tert-OH is 1. The van der Waals surface area contributed by atoms with Crippen molar-refractivity contribution >= 4 is 16.1 Å². The van der Waals surface area contributed by atoms with E-state index in [4.69, 9.17) is 18.9 Å². The number of aliphatic hydroxyl groups is 1. The number of rotatable bonds is 11. The predicted molar refractivity (Wildman–Crippen MR) is 142 cm³/mol. The number of nitrogens with zero attached hydrogens (tertiary/aromatic N) is 1. The van der Waals surface area contributed by atoms with Crippen molar-refractivity contribution in [2.75, 3.05) is 33.4 Å². The van der Waals surface area contributed by atoms with Crippen LogP contribution in [0, 0.1) is 17.8 Å². The fourth-order valence-electron chi connectivity index (χ4n) is 5.95. The maximum absolute atomic E-state index is 13.3. The highest BCUT2D eigenvalue weighted by atomic mass is 32.2. The van der Waals surface area contributed by atoms with Crippen LogP contribution in [-0.2, 0) is 30.7 Å². The molecule has 212 valence electrons. The summed E-state index contributed by atoms with van der Waals surface area (Å²) in [5.41, 5.74) is 0.889. The molecule has 39 heavy (non-hydrogen) atoms. The lowest BCUT2D eigenvalue weighted by atomic mass is 9.95. The van der Waals surface area contributed by atoms with Gasteiger partial charge >= 0.3 is 6.09 Å². The van der Waals surface area contributed by atoms with E-state index >= 15 is 0 Å². The van der Waals surface area contributed by atoms with Gasteiger partial charge in [-0.25, -0.2) is 13.2 Å². The van der Waals surface area contributed by atoms with Crippen molar-refractivity contribution in [2.45, 2.75) is 49.2 Å².